The molecule has 2 rings (SSSR count). The third kappa shape index (κ3) is 6.03. The topological polar surface area (TPSA) is 104 Å². The molecule has 2 aromatic carbocycles. The zero-order chi connectivity index (χ0) is 24.1. The van der Waals surface area contributed by atoms with E-state index in [1.165, 1.54) is 41.9 Å². The number of nitrogens with one attached hydrogen (secondary N) is 2. The Bertz CT molecular complexity index is 1020. The Hall–Kier alpha value is -3.49. The predicted molar refractivity (Wildman–Crippen MR) is 104 cm³/mol. The van der Waals surface area contributed by atoms with E-state index in [-0.39, 0.29) is 5.56 Å². The molecular weight excluding hydrogens is 437 g/mol. The number of benzene rings is 2. The molecule has 11 heteroatoms. The van der Waals surface area contributed by atoms with Gasteiger partial charge in [-0.1, -0.05) is 11.8 Å². The van der Waals surface area contributed by atoms with Crippen molar-refractivity contribution in [3.8, 4) is 11.8 Å². The Morgan fingerprint density at radius 2 is 1.44 bits per heavy atom. The lowest BCUT2D eigenvalue weighted by Crippen LogP contribution is -2.66. The summed E-state index contributed by atoms with van der Waals surface area (Å²) in [5, 5.41) is 10.8. The van der Waals surface area contributed by atoms with Gasteiger partial charge in [0, 0.05) is 16.7 Å². The van der Waals surface area contributed by atoms with Gasteiger partial charge in [-0.05, 0) is 55.5 Å². The van der Waals surface area contributed by atoms with Crippen molar-refractivity contribution >= 4 is 11.8 Å². The molecule has 0 saturated heterocycles. The molecule has 0 fully saturated rings. The van der Waals surface area contributed by atoms with Gasteiger partial charge >= 0.3 is 6.18 Å². The molecule has 1 unspecified atom stereocenters. The first-order valence-corrected chi connectivity index (χ1v) is 8.97. The molecule has 0 aromatic heterocycles. The van der Waals surface area contributed by atoms with Crippen LogP contribution in [0.15, 0.2) is 48.5 Å². The van der Waals surface area contributed by atoms with Crippen molar-refractivity contribution in [3.63, 3.8) is 0 Å². The molecule has 0 aliphatic carbocycles. The smallest absolute Gasteiger partial charge is 0.338 e. The zero-order valence-electron chi connectivity index (χ0n) is 16.5. The quantitative estimate of drug-likeness (QED) is 0.241. The van der Waals surface area contributed by atoms with Crippen LogP contribution >= 0.6 is 0 Å². The monoisotopic (exact) mass is 455 g/mol. The minimum Gasteiger partial charge on any atom is -0.338 e. The second kappa shape index (κ2) is 9.76. The van der Waals surface area contributed by atoms with E-state index < -0.39 is 41.6 Å². The number of hydroxylamine groups is 1. The maximum atomic E-state index is 13.2. The molecule has 6 nitrogen and oxygen atoms in total. The largest absolute Gasteiger partial charge is 0.416 e. The van der Waals surface area contributed by atoms with Crippen molar-refractivity contribution < 1.29 is 36.7 Å². The molecule has 0 spiro atoms. The highest BCUT2D eigenvalue weighted by molar-refractivity contribution is 5.98. The van der Waals surface area contributed by atoms with Gasteiger partial charge in [-0.15, -0.1) is 0 Å². The van der Waals surface area contributed by atoms with Crippen LogP contribution in [0.4, 0.5) is 22.0 Å². The molecule has 0 bridgehead atoms. The third-order valence-electron chi connectivity index (χ3n) is 4.45. The average molecular weight is 455 g/mol. The first-order valence-electron chi connectivity index (χ1n) is 8.97. The summed E-state index contributed by atoms with van der Waals surface area (Å²) in [5.74, 6) is 3.17. The molecule has 2 amide bonds. The summed E-state index contributed by atoms with van der Waals surface area (Å²) in [5.41, 5.74) is 4.12. The Kier molecular flexibility index (Phi) is 7.56. The molecular formula is C21H18F5N3O3. The fourth-order valence-corrected chi connectivity index (χ4v) is 2.50. The fourth-order valence-electron chi connectivity index (χ4n) is 2.50. The second-order valence-electron chi connectivity index (χ2n) is 6.95. The van der Waals surface area contributed by atoms with E-state index in [9.17, 15) is 31.5 Å². The lowest BCUT2D eigenvalue weighted by molar-refractivity contribution is -0.137. The minimum atomic E-state index is -4.45. The van der Waals surface area contributed by atoms with E-state index in [1.54, 1.807) is 0 Å². The number of nitrogens with two attached hydrogens (primary N) is 1. The molecule has 0 radical (unpaired) electrons. The highest BCUT2D eigenvalue weighted by atomic mass is 19.4. The van der Waals surface area contributed by atoms with Crippen molar-refractivity contribution in [1.82, 2.24) is 10.8 Å². The van der Waals surface area contributed by atoms with Gasteiger partial charge in [-0.3, -0.25) is 14.8 Å². The SMILES string of the molecule is CC(N)(C(F)F)[C@H](NC(=O)c1ccc(C#Cc2ccc(C(F)(F)F)cc2)cc1)C(=O)NO. The summed E-state index contributed by atoms with van der Waals surface area (Å²) in [6.07, 6.45) is -7.64. The van der Waals surface area contributed by atoms with E-state index >= 15 is 0 Å². The van der Waals surface area contributed by atoms with Crippen molar-refractivity contribution in [2.45, 2.75) is 31.1 Å². The summed E-state index contributed by atoms with van der Waals surface area (Å²) in [6, 6.07) is 7.76. The second-order valence-corrected chi connectivity index (χ2v) is 6.95. The van der Waals surface area contributed by atoms with Crippen molar-refractivity contribution in [1.29, 1.82) is 0 Å². The number of carbonyl (C=O) groups is 2. The van der Waals surface area contributed by atoms with Gasteiger partial charge < -0.3 is 11.1 Å². The molecule has 170 valence electrons. The van der Waals surface area contributed by atoms with E-state index in [0.29, 0.717) is 11.1 Å². The lowest BCUT2D eigenvalue weighted by atomic mass is 9.92. The lowest BCUT2D eigenvalue weighted by Gasteiger charge is -2.32. The number of alkyl halides is 5. The standard InChI is InChI=1S/C21H18F5N3O3/c1-20(27,19(22)23)16(18(31)29-32)28-17(30)14-8-4-12(5-9-14)2-3-13-6-10-15(11-7-13)21(24,25)26/h4-11,16,19,32H,27H2,1H3,(H,28,30)(H,29,31)/t16-,20?/m1/s1. The molecule has 2 aromatic rings. The number of rotatable bonds is 5. The Labute approximate surface area is 179 Å². The Morgan fingerprint density at radius 3 is 1.84 bits per heavy atom. The van der Waals surface area contributed by atoms with Crippen LogP contribution in [0.25, 0.3) is 0 Å². The highest BCUT2D eigenvalue weighted by Crippen LogP contribution is 2.29. The fraction of sp³-hybridized carbons (Fsp3) is 0.238. The minimum absolute atomic E-state index is 0.00844. The van der Waals surface area contributed by atoms with Crippen LogP contribution in [-0.2, 0) is 11.0 Å². The van der Waals surface area contributed by atoms with Crippen LogP contribution in [-0.4, -0.2) is 35.0 Å². The van der Waals surface area contributed by atoms with Crippen LogP contribution in [0.1, 0.15) is 34.0 Å². The first-order chi connectivity index (χ1) is 14.9. The average Bonchev–Trinajstić information content (AvgIpc) is 2.75. The summed E-state index contributed by atoms with van der Waals surface area (Å²) in [4.78, 5) is 24.1. The zero-order valence-corrected chi connectivity index (χ0v) is 16.5. The van der Waals surface area contributed by atoms with E-state index in [2.05, 4.69) is 17.2 Å². The van der Waals surface area contributed by atoms with Crippen LogP contribution < -0.4 is 16.5 Å². The summed E-state index contributed by atoms with van der Waals surface area (Å²) in [6.45, 7) is 0.845. The van der Waals surface area contributed by atoms with Gasteiger partial charge in [0.05, 0.1) is 5.56 Å². The summed E-state index contributed by atoms with van der Waals surface area (Å²) >= 11 is 0. The highest BCUT2D eigenvalue weighted by Gasteiger charge is 2.44. The maximum Gasteiger partial charge on any atom is 0.416 e. The third-order valence-corrected chi connectivity index (χ3v) is 4.45. The molecule has 5 N–H and O–H groups in total. The summed E-state index contributed by atoms with van der Waals surface area (Å²) < 4.78 is 64.0. The molecule has 32 heavy (non-hydrogen) atoms. The molecule has 0 saturated carbocycles. The summed E-state index contributed by atoms with van der Waals surface area (Å²) in [7, 11) is 0. The maximum absolute atomic E-state index is 13.2. The Balaban J connectivity index is 2.14. The van der Waals surface area contributed by atoms with Gasteiger partial charge in [0.25, 0.3) is 18.2 Å². The normalized spacial score (nSPS) is 14.0. The van der Waals surface area contributed by atoms with Crippen LogP contribution in [0.5, 0.6) is 0 Å². The number of hydrogen-bond acceptors (Lipinski definition) is 4. The van der Waals surface area contributed by atoms with Crippen molar-refractivity contribution in [2.24, 2.45) is 5.73 Å². The van der Waals surface area contributed by atoms with Crippen LogP contribution in [0.2, 0.25) is 0 Å². The number of halogens is 5. The number of carbonyl (C=O) groups excluding carboxylic acids is 2. The molecule has 0 aliphatic rings. The van der Waals surface area contributed by atoms with E-state index in [4.69, 9.17) is 10.9 Å². The number of amides is 2. The molecule has 2 atom stereocenters. The van der Waals surface area contributed by atoms with Crippen LogP contribution in [0.3, 0.4) is 0 Å². The van der Waals surface area contributed by atoms with Gasteiger partial charge in [0.15, 0.2) is 0 Å². The van der Waals surface area contributed by atoms with E-state index in [1.807, 2.05) is 0 Å². The van der Waals surface area contributed by atoms with E-state index in [0.717, 1.165) is 19.1 Å². The first kappa shape index (κ1) is 24.8. The predicted octanol–water partition coefficient (Wildman–Crippen LogP) is 2.69. The number of hydrogen-bond donors (Lipinski definition) is 4. The van der Waals surface area contributed by atoms with Crippen molar-refractivity contribution in [3.05, 3.63) is 70.8 Å². The molecule has 0 aliphatic heterocycles. The van der Waals surface area contributed by atoms with Gasteiger partial charge in [-0.2, -0.15) is 13.2 Å². The van der Waals surface area contributed by atoms with Crippen LogP contribution in [0, 0.1) is 11.8 Å². The van der Waals surface area contributed by atoms with Crippen molar-refractivity contribution in [2.75, 3.05) is 0 Å². The molecule has 0 heterocycles. The van der Waals surface area contributed by atoms with Gasteiger partial charge in [0.1, 0.15) is 11.6 Å². The Morgan fingerprint density at radius 1 is 0.969 bits per heavy atom. The van der Waals surface area contributed by atoms with Gasteiger partial charge in [-0.25, -0.2) is 14.3 Å². The van der Waals surface area contributed by atoms with Gasteiger partial charge in [0.2, 0.25) is 0 Å².